The fourth-order valence-corrected chi connectivity index (χ4v) is 6.79. The normalized spacial score (nSPS) is 11.5. The van der Waals surface area contributed by atoms with E-state index < -0.39 is 29.8 Å². The van der Waals surface area contributed by atoms with E-state index in [0.717, 1.165) is 30.5 Å². The van der Waals surface area contributed by atoms with Gasteiger partial charge in [0.15, 0.2) is 5.82 Å². The molecule has 18 nitrogen and oxygen atoms in total. The van der Waals surface area contributed by atoms with Crippen molar-refractivity contribution in [1.82, 2.24) is 41.5 Å². The maximum atomic E-state index is 13.6. The van der Waals surface area contributed by atoms with E-state index in [1.807, 2.05) is 51.1 Å². The maximum absolute atomic E-state index is 13.6. The number of ether oxygens (including phenoxy) is 2. The summed E-state index contributed by atoms with van der Waals surface area (Å²) in [7, 11) is 1.66. The number of carbonyl (C=O) groups is 5. The Balaban J connectivity index is 0.00000386. The summed E-state index contributed by atoms with van der Waals surface area (Å²) in [6.45, 7) is 11.5. The summed E-state index contributed by atoms with van der Waals surface area (Å²) < 4.78 is 12.2. The molecule has 1 heterocycles. The molecule has 67 heavy (non-hydrogen) atoms. The summed E-state index contributed by atoms with van der Waals surface area (Å²) in [5, 5.41) is 13.6. The Labute approximate surface area is 394 Å². The molecule has 3 aromatic carbocycles. The molecule has 11 N–H and O–H groups in total. The van der Waals surface area contributed by atoms with Crippen LogP contribution in [0.2, 0.25) is 0 Å². The Hall–Kier alpha value is -6.47. The molecule has 2 atom stereocenters. The van der Waals surface area contributed by atoms with Crippen molar-refractivity contribution in [2.75, 3.05) is 66.2 Å². The van der Waals surface area contributed by atoms with Crippen molar-refractivity contribution in [3.8, 4) is 34.0 Å². The molecule has 0 radical (unpaired) electrons. The van der Waals surface area contributed by atoms with Crippen LogP contribution in [0.25, 0.3) is 22.5 Å². The van der Waals surface area contributed by atoms with Gasteiger partial charge in [0.05, 0.1) is 37.1 Å². The first-order valence-electron chi connectivity index (χ1n) is 22.9. The summed E-state index contributed by atoms with van der Waals surface area (Å²) in [5.41, 5.74) is 22.0. The summed E-state index contributed by atoms with van der Waals surface area (Å²) in [6, 6.07) is 17.6. The van der Waals surface area contributed by atoms with Crippen LogP contribution in [0.4, 0.5) is 0 Å². The zero-order valence-electron chi connectivity index (χ0n) is 39.9. The number of hydrogen-bond donors (Lipinski definition) is 8. The van der Waals surface area contributed by atoms with Crippen LogP contribution in [-0.4, -0.2) is 117 Å². The third-order valence-corrected chi connectivity index (χ3v) is 10.5. The Morgan fingerprint density at radius 3 is 2.09 bits per heavy atom. The number of amides is 5. The minimum Gasteiger partial charge on any atom is -0.492 e. The molecule has 0 fully saturated rings. The van der Waals surface area contributed by atoms with Gasteiger partial charge in [0.1, 0.15) is 30.8 Å². The maximum Gasteiger partial charge on any atom is 0.255 e. The molecule has 18 heteroatoms. The molecule has 0 saturated carbocycles. The molecule has 2 unspecified atom stereocenters. The molecule has 1 aromatic heterocycles. The average Bonchev–Trinajstić information content (AvgIpc) is 3.33. The molecule has 0 aliphatic rings. The van der Waals surface area contributed by atoms with Crippen LogP contribution < -0.4 is 53.3 Å². The van der Waals surface area contributed by atoms with Crippen molar-refractivity contribution in [2.45, 2.75) is 78.8 Å². The van der Waals surface area contributed by atoms with Gasteiger partial charge in [0.2, 0.25) is 24.1 Å². The highest BCUT2D eigenvalue weighted by Crippen LogP contribution is 2.40. The molecular formula is C49H71N11O7. The second kappa shape index (κ2) is 29.9. The van der Waals surface area contributed by atoms with E-state index in [9.17, 15) is 24.0 Å². The third-order valence-electron chi connectivity index (χ3n) is 10.5. The van der Waals surface area contributed by atoms with E-state index in [-0.39, 0.29) is 64.0 Å². The predicted molar refractivity (Wildman–Crippen MR) is 261 cm³/mol. The number of unbranched alkanes of at least 4 members (excludes halogenated alkanes) is 2. The van der Waals surface area contributed by atoms with E-state index in [0.29, 0.717) is 52.7 Å². The average molecular weight is 926 g/mol. The fraction of sp³-hybridized carbons (Fsp3) is 0.449. The van der Waals surface area contributed by atoms with Crippen LogP contribution in [-0.2, 0) is 32.0 Å². The van der Waals surface area contributed by atoms with Crippen molar-refractivity contribution >= 4 is 30.0 Å². The number of hydrogen-bond acceptors (Lipinski definition) is 13. The number of likely N-dealkylation sites (N-methyl/N-ethyl adjacent to an activating group) is 1. The van der Waals surface area contributed by atoms with E-state index in [1.165, 1.54) is 24.6 Å². The third kappa shape index (κ3) is 17.7. The molecule has 0 saturated heterocycles. The number of nitrogens with one attached hydrogen (secondary N) is 5. The first kappa shape index (κ1) is 54.9. The standard InChI is InChI=1S/C47H64N10O7.C2H7N/c1-6-8-9-10-33-11-14-35(15-12-33)45-52-26-39(31(3)55-45)46(61)53-28-44(60)57(5)32(4)36-16-18-42(64-22-20-49)38(25-36)37-23-34(13-17-41(37)63-21-19-48)24-40(47(62)54-29-50-7-2)56-43(59)27-51-30-58;1-2-3/h11-18,23,25-26,30,32,40,50H,6-10,19-22,24,27-29,48-49H2,1-5H3,(H,51,58)(H,53,61)(H,54,62)(H,56,59);2-3H2,1H3. The molecule has 5 amide bonds. The molecule has 364 valence electrons. The number of benzene rings is 3. The zero-order chi connectivity index (χ0) is 49.1. The summed E-state index contributed by atoms with van der Waals surface area (Å²) >= 11 is 0. The number of carbonyl (C=O) groups excluding carboxylic acids is 5. The largest absolute Gasteiger partial charge is 0.492 e. The second-order valence-electron chi connectivity index (χ2n) is 15.6. The lowest BCUT2D eigenvalue weighted by atomic mass is 9.94. The fourth-order valence-electron chi connectivity index (χ4n) is 6.79. The topological polar surface area (TPSA) is 271 Å². The molecule has 0 bridgehead atoms. The number of nitrogens with zero attached hydrogens (tertiary/aromatic N) is 3. The van der Waals surface area contributed by atoms with Gasteiger partial charge < -0.3 is 58.2 Å². The number of aromatic nitrogens is 2. The van der Waals surface area contributed by atoms with E-state index >= 15 is 0 Å². The Bertz CT molecular complexity index is 2190. The van der Waals surface area contributed by atoms with Crippen molar-refractivity contribution in [1.29, 1.82) is 0 Å². The molecule has 4 rings (SSSR count). The predicted octanol–water partition coefficient (Wildman–Crippen LogP) is 2.90. The van der Waals surface area contributed by atoms with E-state index in [2.05, 4.69) is 55.6 Å². The van der Waals surface area contributed by atoms with Gasteiger partial charge in [-0.25, -0.2) is 9.97 Å². The number of nitrogens with two attached hydrogens (primary N) is 3. The Kier molecular flexibility index (Phi) is 24.5. The van der Waals surface area contributed by atoms with Crippen molar-refractivity contribution in [2.24, 2.45) is 17.2 Å². The zero-order valence-corrected chi connectivity index (χ0v) is 39.9. The first-order chi connectivity index (χ1) is 32.3. The van der Waals surface area contributed by atoms with Crippen LogP contribution in [0.15, 0.2) is 66.9 Å². The van der Waals surface area contributed by atoms with Crippen LogP contribution in [0.5, 0.6) is 11.5 Å². The summed E-state index contributed by atoms with van der Waals surface area (Å²) in [5.74, 6) is -0.265. The van der Waals surface area contributed by atoms with Crippen LogP contribution in [0.1, 0.15) is 85.7 Å². The molecule has 4 aromatic rings. The summed E-state index contributed by atoms with van der Waals surface area (Å²) in [4.78, 5) is 74.3. The first-order valence-corrected chi connectivity index (χ1v) is 22.9. The quantitative estimate of drug-likeness (QED) is 0.0243. The van der Waals surface area contributed by atoms with Gasteiger partial charge in [-0.2, -0.15) is 0 Å². The lowest BCUT2D eigenvalue weighted by Gasteiger charge is -2.27. The van der Waals surface area contributed by atoms with Crippen molar-refractivity contribution in [3.63, 3.8) is 0 Å². The van der Waals surface area contributed by atoms with Crippen LogP contribution >= 0.6 is 0 Å². The molecule has 0 spiro atoms. The van der Waals surface area contributed by atoms with Gasteiger partial charge in [0, 0.05) is 49.4 Å². The summed E-state index contributed by atoms with van der Waals surface area (Å²) in [6.07, 6.45) is 6.51. The molecule has 0 aliphatic heterocycles. The van der Waals surface area contributed by atoms with E-state index in [1.54, 1.807) is 37.1 Å². The highest BCUT2D eigenvalue weighted by atomic mass is 16.5. The highest BCUT2D eigenvalue weighted by Gasteiger charge is 2.25. The number of rotatable bonds is 27. The lowest BCUT2D eigenvalue weighted by Crippen LogP contribution is -2.51. The monoisotopic (exact) mass is 926 g/mol. The van der Waals surface area contributed by atoms with Gasteiger partial charge in [-0.15, -0.1) is 0 Å². The van der Waals surface area contributed by atoms with Crippen molar-refractivity contribution in [3.05, 3.63) is 94.8 Å². The Morgan fingerprint density at radius 2 is 1.48 bits per heavy atom. The van der Waals surface area contributed by atoms with Crippen molar-refractivity contribution < 1.29 is 33.4 Å². The Morgan fingerprint density at radius 1 is 0.836 bits per heavy atom. The SMILES string of the molecule is CCCCCc1ccc(-c2ncc(C(=O)NCC(=O)N(C)C(C)c3ccc(OCCN)c(-c4cc(CC(NC(=O)CNC=O)C(=O)NCNCC)ccc4OCCN)c3)c(C)n2)cc1.CCN. The van der Waals surface area contributed by atoms with Gasteiger partial charge >= 0.3 is 0 Å². The molecular weight excluding hydrogens is 855 g/mol. The van der Waals surface area contributed by atoms with Gasteiger partial charge in [-0.1, -0.05) is 70.0 Å². The highest BCUT2D eigenvalue weighted by molar-refractivity contribution is 5.97. The second-order valence-corrected chi connectivity index (χ2v) is 15.6. The van der Waals surface area contributed by atoms with E-state index in [4.69, 9.17) is 26.7 Å². The smallest absolute Gasteiger partial charge is 0.255 e. The minimum atomic E-state index is -0.985. The minimum absolute atomic E-state index is 0.0931. The lowest BCUT2D eigenvalue weighted by molar-refractivity contribution is -0.130. The van der Waals surface area contributed by atoms with Crippen LogP contribution in [0.3, 0.4) is 0 Å². The van der Waals surface area contributed by atoms with Crippen LogP contribution in [0, 0.1) is 6.92 Å². The number of aryl methyl sites for hydroxylation is 2. The van der Waals surface area contributed by atoms with Gasteiger partial charge in [-0.05, 0) is 80.7 Å². The van der Waals surface area contributed by atoms with Gasteiger partial charge in [0.25, 0.3) is 5.91 Å². The van der Waals surface area contributed by atoms with Gasteiger partial charge in [-0.3, -0.25) is 24.0 Å². The molecule has 0 aliphatic carbocycles.